The molecule has 34 heavy (non-hydrogen) atoms. The molecular weight excluding hydrogens is 426 g/mol. The molecule has 0 fully saturated rings. The highest BCUT2D eigenvalue weighted by molar-refractivity contribution is 5.96. The number of amides is 1. The van der Waals surface area contributed by atoms with Gasteiger partial charge in [0.05, 0.1) is 28.5 Å². The van der Waals surface area contributed by atoms with Crippen molar-refractivity contribution in [3.05, 3.63) is 84.3 Å². The Morgan fingerprint density at radius 2 is 1.85 bits per heavy atom. The highest BCUT2D eigenvalue weighted by atomic mass is 16.5. The Balaban J connectivity index is 1.68. The van der Waals surface area contributed by atoms with Gasteiger partial charge in [-0.05, 0) is 56.7 Å². The van der Waals surface area contributed by atoms with Crippen LogP contribution in [0.2, 0.25) is 0 Å². The Morgan fingerprint density at radius 3 is 2.50 bits per heavy atom. The first-order valence-corrected chi connectivity index (χ1v) is 11.1. The summed E-state index contributed by atoms with van der Waals surface area (Å²) in [5.41, 5.74) is 8.41. The van der Waals surface area contributed by atoms with E-state index >= 15 is 0 Å². The standard InChI is InChI=1S/C27H25N5O2/c1-16-26(18(3)34-31-16)21-13-25-27(29-14-21)23(20-8-10-22(11-9-20)30-19(4)33)15-32(25)17(2)24-7-5-6-12-28-24/h5-15,17H,1-4H3,(H,30,33)/t17-/m0/s1. The van der Waals surface area contributed by atoms with Crippen molar-refractivity contribution >= 4 is 22.6 Å². The topological polar surface area (TPSA) is 85.8 Å². The lowest BCUT2D eigenvalue weighted by Crippen LogP contribution is -2.07. The minimum absolute atomic E-state index is 0.00202. The number of rotatable bonds is 5. The fraction of sp³-hybridized carbons (Fsp3) is 0.185. The Morgan fingerprint density at radius 1 is 1.06 bits per heavy atom. The predicted molar refractivity (Wildman–Crippen MR) is 132 cm³/mol. The average molecular weight is 452 g/mol. The number of carbonyl (C=O) groups is 1. The van der Waals surface area contributed by atoms with Crippen molar-refractivity contribution in [1.29, 1.82) is 0 Å². The lowest BCUT2D eigenvalue weighted by atomic mass is 10.0. The monoisotopic (exact) mass is 451 g/mol. The van der Waals surface area contributed by atoms with Crippen LogP contribution in [0.15, 0.2) is 71.6 Å². The quantitative estimate of drug-likeness (QED) is 0.357. The minimum Gasteiger partial charge on any atom is -0.361 e. The van der Waals surface area contributed by atoms with E-state index < -0.39 is 0 Å². The van der Waals surface area contributed by atoms with Gasteiger partial charge in [0.2, 0.25) is 5.91 Å². The van der Waals surface area contributed by atoms with Crippen LogP contribution in [-0.4, -0.2) is 25.6 Å². The number of nitrogens with one attached hydrogen (secondary N) is 1. The van der Waals surface area contributed by atoms with Crippen LogP contribution in [0.25, 0.3) is 33.3 Å². The van der Waals surface area contributed by atoms with Gasteiger partial charge in [-0.25, -0.2) is 0 Å². The third-order valence-corrected chi connectivity index (χ3v) is 6.04. The van der Waals surface area contributed by atoms with E-state index in [2.05, 4.69) is 39.2 Å². The first-order valence-electron chi connectivity index (χ1n) is 11.1. The van der Waals surface area contributed by atoms with Crippen molar-refractivity contribution in [1.82, 2.24) is 19.7 Å². The molecule has 0 saturated heterocycles. The Hall–Kier alpha value is -4.26. The van der Waals surface area contributed by atoms with Gasteiger partial charge < -0.3 is 14.4 Å². The summed E-state index contributed by atoms with van der Waals surface area (Å²) in [4.78, 5) is 20.9. The first kappa shape index (κ1) is 21.6. The molecular formula is C27H25N5O2. The molecule has 1 aromatic carbocycles. The number of benzene rings is 1. The molecule has 7 heteroatoms. The van der Waals surface area contributed by atoms with E-state index in [1.54, 1.807) is 0 Å². The molecule has 5 aromatic rings. The summed E-state index contributed by atoms with van der Waals surface area (Å²) in [5, 5.41) is 6.93. The first-order chi connectivity index (χ1) is 16.4. The van der Waals surface area contributed by atoms with E-state index in [9.17, 15) is 4.79 Å². The summed E-state index contributed by atoms with van der Waals surface area (Å²) in [7, 11) is 0. The molecule has 5 rings (SSSR count). The summed E-state index contributed by atoms with van der Waals surface area (Å²) >= 11 is 0. The van der Waals surface area contributed by atoms with Crippen LogP contribution in [0.4, 0.5) is 5.69 Å². The van der Waals surface area contributed by atoms with Gasteiger partial charge in [0.1, 0.15) is 5.76 Å². The molecule has 0 unspecified atom stereocenters. The normalized spacial score (nSPS) is 12.1. The van der Waals surface area contributed by atoms with Gasteiger partial charge in [-0.15, -0.1) is 0 Å². The smallest absolute Gasteiger partial charge is 0.221 e. The van der Waals surface area contributed by atoms with Crippen LogP contribution >= 0.6 is 0 Å². The SMILES string of the molecule is CC(=O)Nc1ccc(-c2cn([C@@H](C)c3ccccn3)c3cc(-c4c(C)noc4C)cnc23)cc1. The maximum absolute atomic E-state index is 11.4. The number of hydrogen-bond donors (Lipinski definition) is 1. The third kappa shape index (κ3) is 3.85. The third-order valence-electron chi connectivity index (χ3n) is 6.04. The molecule has 1 N–H and O–H groups in total. The molecule has 7 nitrogen and oxygen atoms in total. The van der Waals surface area contributed by atoms with E-state index in [0.29, 0.717) is 0 Å². The fourth-order valence-corrected chi connectivity index (χ4v) is 4.39. The van der Waals surface area contributed by atoms with E-state index in [0.717, 1.165) is 56.1 Å². The summed E-state index contributed by atoms with van der Waals surface area (Å²) in [6.07, 6.45) is 5.81. The number of aromatic nitrogens is 4. The number of fused-ring (bicyclic) bond motifs is 1. The molecule has 0 aliphatic carbocycles. The zero-order chi connectivity index (χ0) is 23.8. The van der Waals surface area contributed by atoms with Gasteiger partial charge in [-0.1, -0.05) is 23.4 Å². The van der Waals surface area contributed by atoms with Crippen molar-refractivity contribution in [2.75, 3.05) is 5.32 Å². The zero-order valence-electron chi connectivity index (χ0n) is 19.5. The largest absolute Gasteiger partial charge is 0.361 e. The molecule has 1 amide bonds. The van der Waals surface area contributed by atoms with Crippen LogP contribution in [0.3, 0.4) is 0 Å². The number of carbonyl (C=O) groups excluding carboxylic acids is 1. The number of aryl methyl sites for hydroxylation is 2. The van der Waals surface area contributed by atoms with E-state index in [4.69, 9.17) is 9.51 Å². The summed E-state index contributed by atoms with van der Waals surface area (Å²) in [6, 6.07) is 15.9. The van der Waals surface area contributed by atoms with Crippen molar-refractivity contribution in [3.8, 4) is 22.3 Å². The van der Waals surface area contributed by atoms with Gasteiger partial charge in [0.25, 0.3) is 0 Å². The summed E-state index contributed by atoms with van der Waals surface area (Å²) < 4.78 is 7.61. The maximum atomic E-state index is 11.4. The molecule has 0 saturated carbocycles. The second-order valence-electron chi connectivity index (χ2n) is 8.43. The van der Waals surface area contributed by atoms with Crippen LogP contribution in [0.5, 0.6) is 0 Å². The molecule has 0 aliphatic heterocycles. The van der Waals surface area contributed by atoms with Crippen LogP contribution in [0, 0.1) is 13.8 Å². The number of pyridine rings is 2. The lowest BCUT2D eigenvalue weighted by molar-refractivity contribution is -0.114. The maximum Gasteiger partial charge on any atom is 0.221 e. The van der Waals surface area contributed by atoms with Crippen LogP contribution in [0.1, 0.15) is 37.0 Å². The van der Waals surface area contributed by atoms with Gasteiger partial charge in [-0.2, -0.15) is 0 Å². The number of nitrogens with zero attached hydrogens (tertiary/aromatic N) is 4. The molecule has 0 bridgehead atoms. The molecule has 0 aliphatic rings. The second kappa shape index (κ2) is 8.59. The van der Waals surface area contributed by atoms with Gasteiger partial charge in [-0.3, -0.25) is 14.8 Å². The summed E-state index contributed by atoms with van der Waals surface area (Å²) in [6.45, 7) is 7.49. The van der Waals surface area contributed by atoms with Crippen molar-refractivity contribution in [2.24, 2.45) is 0 Å². The van der Waals surface area contributed by atoms with Gasteiger partial charge >= 0.3 is 0 Å². The molecule has 170 valence electrons. The van der Waals surface area contributed by atoms with E-state index in [1.807, 2.05) is 68.7 Å². The number of anilines is 1. The minimum atomic E-state index is -0.0953. The fourth-order valence-electron chi connectivity index (χ4n) is 4.39. The summed E-state index contributed by atoms with van der Waals surface area (Å²) in [5.74, 6) is 0.672. The molecule has 0 radical (unpaired) electrons. The van der Waals surface area contributed by atoms with Crippen molar-refractivity contribution < 1.29 is 9.32 Å². The molecule has 4 heterocycles. The van der Waals surface area contributed by atoms with Gasteiger partial charge in [0, 0.05) is 47.9 Å². The Labute approximate surface area is 197 Å². The van der Waals surface area contributed by atoms with Gasteiger partial charge in [0.15, 0.2) is 0 Å². The zero-order valence-corrected chi connectivity index (χ0v) is 19.5. The van der Waals surface area contributed by atoms with E-state index in [1.165, 1.54) is 6.92 Å². The average Bonchev–Trinajstić information content (AvgIpc) is 3.38. The van der Waals surface area contributed by atoms with Crippen LogP contribution in [-0.2, 0) is 4.79 Å². The van der Waals surface area contributed by atoms with Crippen molar-refractivity contribution in [3.63, 3.8) is 0 Å². The van der Waals surface area contributed by atoms with E-state index in [-0.39, 0.29) is 11.9 Å². The second-order valence-corrected chi connectivity index (χ2v) is 8.43. The molecule has 0 spiro atoms. The highest BCUT2D eigenvalue weighted by Gasteiger charge is 2.20. The number of hydrogen-bond acceptors (Lipinski definition) is 5. The highest BCUT2D eigenvalue weighted by Crippen LogP contribution is 2.36. The Bertz CT molecular complexity index is 1460. The van der Waals surface area contributed by atoms with Crippen LogP contribution < -0.4 is 5.32 Å². The Kier molecular flexibility index (Phi) is 5.45. The van der Waals surface area contributed by atoms with Crippen molar-refractivity contribution in [2.45, 2.75) is 33.7 Å². The predicted octanol–water partition coefficient (Wildman–Crippen LogP) is 5.94. The lowest BCUT2D eigenvalue weighted by Gasteiger charge is -2.15. The molecule has 4 aromatic heterocycles. The molecule has 1 atom stereocenters.